The number of nitrogens with one attached hydrogen (secondary N) is 1. The summed E-state index contributed by atoms with van der Waals surface area (Å²) in [5, 5.41) is 13.7. The van der Waals surface area contributed by atoms with E-state index in [1.54, 1.807) is 6.08 Å². The first kappa shape index (κ1) is 59.5. The molecule has 0 heterocycles. The number of aliphatic hydroxyl groups is 1. The van der Waals surface area contributed by atoms with Gasteiger partial charge in [0.15, 0.2) is 0 Å². The van der Waals surface area contributed by atoms with E-state index in [4.69, 9.17) is 9.05 Å². The number of rotatable bonds is 46. The van der Waals surface area contributed by atoms with Gasteiger partial charge in [-0.15, -0.1) is 0 Å². The predicted octanol–water partition coefficient (Wildman–Crippen LogP) is 14.8. The number of allylic oxidation sites excluding steroid dienone is 7. The van der Waals surface area contributed by atoms with Crippen LogP contribution in [-0.2, 0) is 18.4 Å². The van der Waals surface area contributed by atoms with Crippen molar-refractivity contribution in [3.63, 3.8) is 0 Å². The minimum absolute atomic E-state index is 0.0558. The highest BCUT2D eigenvalue weighted by atomic mass is 31.2. The topological polar surface area (TPSA) is 105 Å². The monoisotopic (exact) mass is 880 g/mol. The molecule has 0 aromatic rings. The van der Waals surface area contributed by atoms with Crippen LogP contribution in [0.3, 0.4) is 0 Å². The van der Waals surface area contributed by atoms with E-state index < -0.39 is 20.0 Å². The Balaban J connectivity index is 3.95. The lowest BCUT2D eigenvalue weighted by atomic mass is 10.0. The molecule has 3 atom stereocenters. The van der Waals surface area contributed by atoms with Gasteiger partial charge in [0.1, 0.15) is 13.2 Å². The molecule has 8 nitrogen and oxygen atoms in total. The molecule has 3 unspecified atom stereocenters. The highest BCUT2D eigenvalue weighted by molar-refractivity contribution is 7.47. The number of nitrogens with zero attached hydrogens (tertiary/aromatic N) is 1. The van der Waals surface area contributed by atoms with Gasteiger partial charge in [0.05, 0.1) is 39.9 Å². The van der Waals surface area contributed by atoms with Crippen molar-refractivity contribution >= 4 is 13.7 Å². The van der Waals surface area contributed by atoms with Crippen LogP contribution in [0.15, 0.2) is 48.6 Å². The molecule has 0 bridgehead atoms. The summed E-state index contributed by atoms with van der Waals surface area (Å²) in [6.45, 7) is 4.71. The van der Waals surface area contributed by atoms with Crippen LogP contribution in [0.4, 0.5) is 0 Å². The van der Waals surface area contributed by atoms with Crippen LogP contribution in [0, 0.1) is 0 Å². The molecule has 0 aliphatic heterocycles. The second-order valence-electron chi connectivity index (χ2n) is 18.5. The van der Waals surface area contributed by atoms with Crippen LogP contribution in [0.1, 0.15) is 226 Å². The molecule has 0 aromatic carbocycles. The largest absolute Gasteiger partial charge is 0.472 e. The first-order valence-corrected chi connectivity index (χ1v) is 27.0. The zero-order valence-corrected chi connectivity index (χ0v) is 41.5. The third-order valence-corrected chi connectivity index (χ3v) is 12.3. The maximum Gasteiger partial charge on any atom is 0.472 e. The summed E-state index contributed by atoms with van der Waals surface area (Å²) in [4.78, 5) is 23.1. The maximum absolute atomic E-state index is 12.8. The van der Waals surface area contributed by atoms with Crippen LogP contribution in [-0.4, -0.2) is 73.4 Å². The lowest BCUT2D eigenvalue weighted by Gasteiger charge is -2.25. The second-order valence-corrected chi connectivity index (χ2v) is 20.0. The molecule has 0 fully saturated rings. The molecule has 0 aromatic heterocycles. The summed E-state index contributed by atoms with van der Waals surface area (Å²) < 4.78 is 23.5. The van der Waals surface area contributed by atoms with Crippen molar-refractivity contribution in [2.75, 3.05) is 40.9 Å². The van der Waals surface area contributed by atoms with E-state index in [0.717, 1.165) is 44.9 Å². The number of carbonyl (C=O) groups excluding carboxylic acids is 1. The number of phosphoric ester groups is 1. The van der Waals surface area contributed by atoms with Crippen molar-refractivity contribution in [1.29, 1.82) is 0 Å². The fourth-order valence-corrected chi connectivity index (χ4v) is 7.93. The Kier molecular flexibility index (Phi) is 42.6. The second kappa shape index (κ2) is 43.7. The molecule has 61 heavy (non-hydrogen) atoms. The Morgan fingerprint density at radius 3 is 1.46 bits per heavy atom. The quantitative estimate of drug-likeness (QED) is 0.0243. The number of aliphatic hydroxyl groups excluding tert-OH is 1. The van der Waals surface area contributed by atoms with E-state index in [1.165, 1.54) is 161 Å². The zero-order chi connectivity index (χ0) is 45.0. The van der Waals surface area contributed by atoms with Gasteiger partial charge in [-0.05, 0) is 57.8 Å². The molecule has 0 saturated carbocycles. The van der Waals surface area contributed by atoms with E-state index in [9.17, 15) is 19.4 Å². The van der Waals surface area contributed by atoms with Gasteiger partial charge in [0.25, 0.3) is 0 Å². The summed E-state index contributed by atoms with van der Waals surface area (Å²) >= 11 is 0. The molecule has 0 rings (SSSR count). The third-order valence-electron chi connectivity index (χ3n) is 11.3. The van der Waals surface area contributed by atoms with E-state index in [-0.39, 0.29) is 19.1 Å². The van der Waals surface area contributed by atoms with Gasteiger partial charge in [0, 0.05) is 6.42 Å². The SMILES string of the molecule is CCCC/C=C/CC/C=C/C(O)C(COP(=O)(O)OCC[N+](C)(C)C)NC(=O)CCCCCCCCCCCCCCCCCCCCC/C=C\C/C=C\CCCCCCC. The number of hydrogen-bond acceptors (Lipinski definition) is 5. The molecule has 9 heteroatoms. The minimum atomic E-state index is -4.34. The average molecular weight is 880 g/mol. The molecular weight excluding hydrogens is 780 g/mol. The molecule has 0 saturated heterocycles. The predicted molar refractivity (Wildman–Crippen MR) is 263 cm³/mol. The van der Waals surface area contributed by atoms with Gasteiger partial charge in [0.2, 0.25) is 5.91 Å². The molecule has 3 N–H and O–H groups in total. The van der Waals surface area contributed by atoms with Gasteiger partial charge in [-0.1, -0.05) is 210 Å². The fourth-order valence-electron chi connectivity index (χ4n) is 7.19. The fraction of sp³-hybridized carbons (Fsp3) is 0.827. The van der Waals surface area contributed by atoms with E-state index in [2.05, 4.69) is 55.6 Å². The van der Waals surface area contributed by atoms with Crippen molar-refractivity contribution in [3.05, 3.63) is 48.6 Å². The normalized spacial score (nSPS) is 14.5. The zero-order valence-electron chi connectivity index (χ0n) is 40.7. The molecule has 1 amide bonds. The Labute approximate surface area is 378 Å². The van der Waals surface area contributed by atoms with Gasteiger partial charge in [-0.3, -0.25) is 13.8 Å². The Morgan fingerprint density at radius 2 is 0.967 bits per heavy atom. The van der Waals surface area contributed by atoms with Crippen molar-refractivity contribution < 1.29 is 32.9 Å². The average Bonchev–Trinajstić information content (AvgIpc) is 3.21. The highest BCUT2D eigenvalue weighted by Crippen LogP contribution is 2.43. The molecule has 358 valence electrons. The molecule has 0 aliphatic carbocycles. The highest BCUT2D eigenvalue weighted by Gasteiger charge is 2.27. The number of carbonyl (C=O) groups is 1. The minimum Gasteiger partial charge on any atom is -0.387 e. The van der Waals surface area contributed by atoms with Crippen LogP contribution >= 0.6 is 7.82 Å². The van der Waals surface area contributed by atoms with Crippen LogP contribution in [0.2, 0.25) is 0 Å². The first-order chi connectivity index (χ1) is 29.5. The molecule has 0 radical (unpaired) electrons. The smallest absolute Gasteiger partial charge is 0.387 e. The van der Waals surface area contributed by atoms with Crippen LogP contribution in [0.5, 0.6) is 0 Å². The molecular formula is C52H100N2O6P+. The number of amides is 1. The maximum atomic E-state index is 12.8. The summed E-state index contributed by atoms with van der Waals surface area (Å²) in [6.07, 6.45) is 56.7. The summed E-state index contributed by atoms with van der Waals surface area (Å²) in [5.41, 5.74) is 0. The molecule has 0 spiro atoms. The van der Waals surface area contributed by atoms with E-state index >= 15 is 0 Å². The van der Waals surface area contributed by atoms with Crippen molar-refractivity contribution in [3.8, 4) is 0 Å². The number of hydrogen-bond donors (Lipinski definition) is 3. The first-order valence-electron chi connectivity index (χ1n) is 25.5. The van der Waals surface area contributed by atoms with E-state index in [1.807, 2.05) is 27.2 Å². The van der Waals surface area contributed by atoms with Crippen molar-refractivity contribution in [1.82, 2.24) is 5.32 Å². The van der Waals surface area contributed by atoms with Gasteiger partial charge in [-0.2, -0.15) is 0 Å². The Morgan fingerprint density at radius 1 is 0.557 bits per heavy atom. The number of phosphoric acid groups is 1. The van der Waals surface area contributed by atoms with Gasteiger partial charge < -0.3 is 19.8 Å². The number of quaternary nitrogens is 1. The van der Waals surface area contributed by atoms with Crippen molar-refractivity contribution in [2.24, 2.45) is 0 Å². The van der Waals surface area contributed by atoms with Gasteiger partial charge >= 0.3 is 7.82 Å². The Bertz CT molecular complexity index is 1130. The molecule has 0 aliphatic rings. The number of likely N-dealkylation sites (N-methyl/N-ethyl adjacent to an activating group) is 1. The van der Waals surface area contributed by atoms with Crippen LogP contribution < -0.4 is 5.32 Å². The summed E-state index contributed by atoms with van der Waals surface area (Å²) in [5.74, 6) is -0.189. The Hall–Kier alpha value is -1.54. The van der Waals surface area contributed by atoms with Crippen molar-refractivity contribution in [2.45, 2.75) is 238 Å². The van der Waals surface area contributed by atoms with E-state index in [0.29, 0.717) is 17.4 Å². The lowest BCUT2D eigenvalue weighted by Crippen LogP contribution is -2.45. The lowest BCUT2D eigenvalue weighted by molar-refractivity contribution is -0.870. The summed E-state index contributed by atoms with van der Waals surface area (Å²) in [6, 6.07) is -0.859. The van der Waals surface area contributed by atoms with Gasteiger partial charge in [-0.25, -0.2) is 4.57 Å². The standard InChI is InChI=1S/C52H99N2O6P/c1-6-8-10-12-14-16-17-18-19-20-21-22-23-24-25-26-27-28-29-30-31-32-33-34-35-36-37-38-40-42-44-46-52(56)53-50(49-60-61(57,58)59-48-47-54(3,4)5)51(55)45-43-41-39-15-13-11-9-7-2/h13,15,17-18,20-21,43,45,50-51,55H,6-12,14,16,19,22-42,44,46-49H2,1-5H3,(H-,53,56,57,58)/p+1/b15-13+,18-17-,21-20-,45-43+. The van der Waals surface area contributed by atoms with Crippen LogP contribution in [0.25, 0.3) is 0 Å². The number of unbranched alkanes of at least 4 members (excludes halogenated alkanes) is 27. The summed E-state index contributed by atoms with van der Waals surface area (Å²) in [7, 11) is 1.55. The third kappa shape index (κ3) is 46.3.